The van der Waals surface area contributed by atoms with Crippen molar-refractivity contribution >= 4 is 6.09 Å². The Morgan fingerprint density at radius 2 is 1.86 bits per heavy atom. The van der Waals surface area contributed by atoms with Crippen molar-refractivity contribution in [2.75, 3.05) is 13.1 Å². The maximum Gasteiger partial charge on any atom is 0.410 e. The molecule has 0 aliphatic carbocycles. The van der Waals surface area contributed by atoms with Crippen LogP contribution in [-0.2, 0) is 4.74 Å². The summed E-state index contributed by atoms with van der Waals surface area (Å²) in [5.74, 6) is -1.07. The Morgan fingerprint density at radius 1 is 1.14 bits per heavy atom. The summed E-state index contributed by atoms with van der Waals surface area (Å²) in [5.41, 5.74) is 0.239. The van der Waals surface area contributed by atoms with Crippen LogP contribution in [0.5, 0.6) is 5.75 Å². The first-order chi connectivity index (χ1) is 13.2. The van der Waals surface area contributed by atoms with E-state index in [4.69, 9.17) is 14.7 Å². The Hall–Kier alpha value is -3.14. The molecular formula is C21H20F2N2O3. The molecule has 1 amide bonds. The topological polar surface area (TPSA) is 62.6 Å². The zero-order valence-corrected chi connectivity index (χ0v) is 15.8. The highest BCUT2D eigenvalue weighted by molar-refractivity contribution is 5.73. The Morgan fingerprint density at radius 3 is 2.46 bits per heavy atom. The third kappa shape index (κ3) is 4.39. The lowest BCUT2D eigenvalue weighted by molar-refractivity contribution is -0.0220. The summed E-state index contributed by atoms with van der Waals surface area (Å²) in [6.45, 7) is 6.04. The first-order valence-electron chi connectivity index (χ1n) is 8.80. The summed E-state index contributed by atoms with van der Waals surface area (Å²) in [7, 11) is 0. The van der Waals surface area contributed by atoms with Gasteiger partial charge in [-0.25, -0.2) is 13.6 Å². The zero-order chi connectivity index (χ0) is 20.5. The highest BCUT2D eigenvalue weighted by Crippen LogP contribution is 2.34. The maximum absolute atomic E-state index is 14.3. The summed E-state index contributed by atoms with van der Waals surface area (Å²) in [6, 6.07) is 9.87. The van der Waals surface area contributed by atoms with Crippen LogP contribution in [0, 0.1) is 23.0 Å². The second-order valence-corrected chi connectivity index (χ2v) is 7.57. The van der Waals surface area contributed by atoms with Crippen molar-refractivity contribution in [1.82, 2.24) is 4.90 Å². The number of ether oxygens (including phenoxy) is 2. The number of nitrogens with zero attached hydrogens (tertiary/aromatic N) is 2. The van der Waals surface area contributed by atoms with Gasteiger partial charge in [-0.05, 0) is 51.1 Å². The largest absolute Gasteiger partial charge is 0.486 e. The fraction of sp³-hybridized carbons (Fsp3) is 0.333. The third-order valence-corrected chi connectivity index (χ3v) is 4.12. The van der Waals surface area contributed by atoms with E-state index in [9.17, 15) is 13.6 Å². The highest BCUT2D eigenvalue weighted by atomic mass is 19.1. The van der Waals surface area contributed by atoms with Gasteiger partial charge in [0.2, 0.25) is 0 Å². The van der Waals surface area contributed by atoms with Gasteiger partial charge < -0.3 is 14.4 Å². The summed E-state index contributed by atoms with van der Waals surface area (Å²) in [6.07, 6.45) is -0.709. The van der Waals surface area contributed by atoms with Crippen LogP contribution in [0.25, 0.3) is 11.1 Å². The summed E-state index contributed by atoms with van der Waals surface area (Å²) in [5, 5.41) is 9.14. The van der Waals surface area contributed by atoms with Gasteiger partial charge in [-0.3, -0.25) is 0 Å². The standard InChI is InChI=1S/C21H20F2N2O3/c1-21(2,3)28-20(26)25-11-15(12-25)27-19-7-4-13(10-24)8-17(19)16-6-5-14(22)9-18(16)23/h4-9,15H,11-12H2,1-3H3. The summed E-state index contributed by atoms with van der Waals surface area (Å²) >= 11 is 0. The van der Waals surface area contributed by atoms with Gasteiger partial charge in [-0.15, -0.1) is 0 Å². The summed E-state index contributed by atoms with van der Waals surface area (Å²) in [4.78, 5) is 13.5. The van der Waals surface area contributed by atoms with Crippen LogP contribution in [0.4, 0.5) is 13.6 Å². The van der Waals surface area contributed by atoms with Crippen LogP contribution in [0.2, 0.25) is 0 Å². The van der Waals surface area contributed by atoms with E-state index in [1.165, 1.54) is 17.0 Å². The van der Waals surface area contributed by atoms with Gasteiger partial charge in [-0.1, -0.05) is 0 Å². The lowest BCUT2D eigenvalue weighted by Crippen LogP contribution is -2.57. The van der Waals surface area contributed by atoms with Crippen molar-refractivity contribution in [3.63, 3.8) is 0 Å². The van der Waals surface area contributed by atoms with Crippen LogP contribution in [0.3, 0.4) is 0 Å². The smallest absolute Gasteiger partial charge is 0.410 e. The van der Waals surface area contributed by atoms with Gasteiger partial charge in [0.1, 0.15) is 29.1 Å². The Labute approximate surface area is 162 Å². The Balaban J connectivity index is 1.77. The second-order valence-electron chi connectivity index (χ2n) is 7.57. The van der Waals surface area contributed by atoms with E-state index in [2.05, 4.69) is 0 Å². The SMILES string of the molecule is CC(C)(C)OC(=O)N1CC(Oc2ccc(C#N)cc2-c2ccc(F)cc2F)C1. The average molecular weight is 386 g/mol. The van der Waals surface area contributed by atoms with E-state index >= 15 is 0 Å². The molecule has 1 aliphatic heterocycles. The molecule has 2 aromatic rings. The molecule has 0 atom stereocenters. The van der Waals surface area contributed by atoms with Crippen LogP contribution < -0.4 is 4.74 Å². The van der Waals surface area contributed by atoms with Crippen molar-refractivity contribution < 1.29 is 23.0 Å². The van der Waals surface area contributed by atoms with Crippen molar-refractivity contribution in [2.24, 2.45) is 0 Å². The van der Waals surface area contributed by atoms with Gasteiger partial charge in [0.15, 0.2) is 0 Å². The quantitative estimate of drug-likeness (QED) is 0.779. The predicted molar refractivity (Wildman–Crippen MR) is 98.7 cm³/mol. The normalized spacial score (nSPS) is 14.2. The minimum absolute atomic E-state index is 0.136. The molecule has 0 N–H and O–H groups in total. The highest BCUT2D eigenvalue weighted by Gasteiger charge is 2.35. The molecule has 7 heteroatoms. The first kappa shape index (κ1) is 19.6. The lowest BCUT2D eigenvalue weighted by Gasteiger charge is -2.39. The van der Waals surface area contributed by atoms with Crippen LogP contribution in [-0.4, -0.2) is 35.8 Å². The van der Waals surface area contributed by atoms with Gasteiger partial charge in [0.05, 0.1) is 24.7 Å². The van der Waals surface area contributed by atoms with Gasteiger partial charge in [0.25, 0.3) is 0 Å². The van der Waals surface area contributed by atoms with E-state index in [-0.39, 0.29) is 11.7 Å². The maximum atomic E-state index is 14.3. The number of halogens is 2. The van der Waals surface area contributed by atoms with Crippen LogP contribution in [0.15, 0.2) is 36.4 Å². The van der Waals surface area contributed by atoms with Crippen molar-refractivity contribution in [2.45, 2.75) is 32.5 Å². The molecule has 3 rings (SSSR count). The van der Waals surface area contributed by atoms with Gasteiger partial charge in [-0.2, -0.15) is 5.26 Å². The number of likely N-dealkylation sites (tertiary alicyclic amines) is 1. The van der Waals surface area contributed by atoms with Gasteiger partial charge >= 0.3 is 6.09 Å². The number of carbonyl (C=O) groups is 1. The number of benzene rings is 2. The van der Waals surface area contributed by atoms with E-state index in [1.54, 1.807) is 32.9 Å². The number of amides is 1. The fourth-order valence-corrected chi connectivity index (χ4v) is 2.79. The van der Waals surface area contributed by atoms with Crippen molar-refractivity contribution in [3.05, 3.63) is 53.6 Å². The van der Waals surface area contributed by atoms with E-state index in [0.29, 0.717) is 30.0 Å². The lowest BCUT2D eigenvalue weighted by atomic mass is 10.0. The number of hydrogen-bond donors (Lipinski definition) is 0. The molecule has 0 unspecified atom stereocenters. The average Bonchev–Trinajstić information content (AvgIpc) is 2.56. The van der Waals surface area contributed by atoms with Crippen LogP contribution >= 0.6 is 0 Å². The molecule has 28 heavy (non-hydrogen) atoms. The molecule has 0 saturated carbocycles. The second kappa shape index (κ2) is 7.47. The molecular weight excluding hydrogens is 366 g/mol. The monoisotopic (exact) mass is 386 g/mol. The molecule has 0 spiro atoms. The first-order valence-corrected chi connectivity index (χ1v) is 8.80. The molecule has 1 aliphatic rings. The van der Waals surface area contributed by atoms with Gasteiger partial charge in [0, 0.05) is 17.2 Å². The van der Waals surface area contributed by atoms with Crippen molar-refractivity contribution in [1.29, 1.82) is 5.26 Å². The Kier molecular flexibility index (Phi) is 5.23. The molecule has 0 bridgehead atoms. The minimum atomic E-state index is -0.746. The zero-order valence-electron chi connectivity index (χ0n) is 15.8. The van der Waals surface area contributed by atoms with Crippen LogP contribution in [0.1, 0.15) is 26.3 Å². The molecule has 1 saturated heterocycles. The minimum Gasteiger partial charge on any atom is -0.486 e. The van der Waals surface area contributed by atoms with E-state index in [1.807, 2.05) is 6.07 Å². The number of rotatable bonds is 3. The van der Waals surface area contributed by atoms with E-state index in [0.717, 1.165) is 12.1 Å². The molecule has 5 nitrogen and oxygen atoms in total. The number of hydrogen-bond acceptors (Lipinski definition) is 4. The fourth-order valence-electron chi connectivity index (χ4n) is 2.79. The number of carbonyl (C=O) groups excluding carboxylic acids is 1. The Bertz CT molecular complexity index is 942. The third-order valence-electron chi connectivity index (χ3n) is 4.12. The molecule has 0 aromatic heterocycles. The number of nitriles is 1. The van der Waals surface area contributed by atoms with Crippen molar-refractivity contribution in [3.8, 4) is 22.9 Å². The molecule has 1 heterocycles. The van der Waals surface area contributed by atoms with E-state index < -0.39 is 23.3 Å². The summed E-state index contributed by atoms with van der Waals surface area (Å²) < 4.78 is 38.7. The molecule has 1 fully saturated rings. The molecule has 2 aromatic carbocycles. The molecule has 0 radical (unpaired) electrons. The predicted octanol–water partition coefficient (Wildman–Crippen LogP) is 4.50. The molecule has 146 valence electrons.